The normalized spacial score (nSPS) is 11.9. The van der Waals surface area contributed by atoms with E-state index in [0.29, 0.717) is 11.3 Å². The molecule has 0 aliphatic rings. The number of amides is 1. The van der Waals surface area contributed by atoms with Gasteiger partial charge in [-0.05, 0) is 65.5 Å². The Balaban J connectivity index is 1.35. The summed E-state index contributed by atoms with van der Waals surface area (Å²) in [6.07, 6.45) is 1.21. The standard InChI is InChI=1S/C24H22N2O3/c1-26-14-13-18-15-19(9-12-22(18)26)23(27)16-25-24(28)17-7-10-21(11-8-17)29-20-5-3-2-4-6-20/h2-15,23,27H,16H2,1H3,(H,25,28). The van der Waals surface area contributed by atoms with Crippen molar-refractivity contribution in [3.63, 3.8) is 0 Å². The molecule has 0 bridgehead atoms. The van der Waals surface area contributed by atoms with Crippen molar-refractivity contribution in [1.29, 1.82) is 0 Å². The number of para-hydroxylation sites is 1. The summed E-state index contributed by atoms with van der Waals surface area (Å²) in [5, 5.41) is 14.3. The third kappa shape index (κ3) is 4.31. The Morgan fingerprint density at radius 1 is 1.00 bits per heavy atom. The van der Waals surface area contributed by atoms with Gasteiger partial charge >= 0.3 is 0 Å². The molecule has 0 saturated heterocycles. The van der Waals surface area contributed by atoms with E-state index in [4.69, 9.17) is 4.74 Å². The number of rotatable bonds is 6. The molecule has 1 heterocycles. The molecule has 5 heteroatoms. The van der Waals surface area contributed by atoms with Gasteiger partial charge in [-0.25, -0.2) is 0 Å². The summed E-state index contributed by atoms with van der Waals surface area (Å²) in [6, 6.07) is 24.2. The van der Waals surface area contributed by atoms with Gasteiger partial charge < -0.3 is 19.7 Å². The lowest BCUT2D eigenvalue weighted by molar-refractivity contribution is 0.0916. The maximum absolute atomic E-state index is 12.4. The van der Waals surface area contributed by atoms with Crippen molar-refractivity contribution in [3.05, 3.63) is 96.2 Å². The van der Waals surface area contributed by atoms with Crippen LogP contribution in [0.2, 0.25) is 0 Å². The summed E-state index contributed by atoms with van der Waals surface area (Å²) in [4.78, 5) is 12.4. The molecule has 1 atom stereocenters. The van der Waals surface area contributed by atoms with Gasteiger partial charge in [0, 0.05) is 30.9 Å². The number of aryl methyl sites for hydroxylation is 1. The first-order valence-electron chi connectivity index (χ1n) is 9.44. The summed E-state index contributed by atoms with van der Waals surface area (Å²) in [6.45, 7) is 0.138. The molecule has 2 N–H and O–H groups in total. The summed E-state index contributed by atoms with van der Waals surface area (Å²) in [5.41, 5.74) is 2.38. The molecule has 29 heavy (non-hydrogen) atoms. The molecule has 4 rings (SSSR count). The molecule has 5 nitrogen and oxygen atoms in total. The van der Waals surface area contributed by atoms with Crippen LogP contribution in [0.1, 0.15) is 22.0 Å². The van der Waals surface area contributed by atoms with Gasteiger partial charge in [-0.1, -0.05) is 24.3 Å². The number of nitrogens with one attached hydrogen (secondary N) is 1. The number of aliphatic hydroxyl groups is 1. The predicted octanol–water partition coefficient (Wildman–Crippen LogP) is 4.43. The molecular weight excluding hydrogens is 364 g/mol. The van der Waals surface area contributed by atoms with Gasteiger partial charge in [0.2, 0.25) is 0 Å². The van der Waals surface area contributed by atoms with Crippen molar-refractivity contribution in [3.8, 4) is 11.5 Å². The third-order valence-electron chi connectivity index (χ3n) is 4.85. The minimum atomic E-state index is -0.774. The molecule has 0 spiro atoms. The summed E-state index contributed by atoms with van der Waals surface area (Å²) in [5.74, 6) is 1.16. The lowest BCUT2D eigenvalue weighted by atomic mass is 10.1. The van der Waals surface area contributed by atoms with E-state index in [-0.39, 0.29) is 12.5 Å². The predicted molar refractivity (Wildman–Crippen MR) is 113 cm³/mol. The average molecular weight is 386 g/mol. The molecule has 3 aromatic carbocycles. The fourth-order valence-electron chi connectivity index (χ4n) is 3.22. The number of aromatic nitrogens is 1. The average Bonchev–Trinajstić information content (AvgIpc) is 3.13. The molecule has 1 amide bonds. The van der Waals surface area contributed by atoms with E-state index in [1.165, 1.54) is 0 Å². The Bertz CT molecular complexity index is 1120. The minimum Gasteiger partial charge on any atom is -0.457 e. The van der Waals surface area contributed by atoms with Crippen LogP contribution in [-0.4, -0.2) is 22.1 Å². The second-order valence-electron chi connectivity index (χ2n) is 6.91. The number of hydrogen-bond acceptors (Lipinski definition) is 3. The summed E-state index contributed by atoms with van der Waals surface area (Å²) < 4.78 is 7.76. The Kier molecular flexibility index (Phi) is 5.31. The summed E-state index contributed by atoms with van der Waals surface area (Å²) >= 11 is 0. The SMILES string of the molecule is Cn1ccc2cc(C(O)CNC(=O)c3ccc(Oc4ccccc4)cc3)ccc21. The highest BCUT2D eigenvalue weighted by atomic mass is 16.5. The first kappa shape index (κ1) is 18.8. The van der Waals surface area contributed by atoms with Gasteiger partial charge in [0.05, 0.1) is 6.10 Å². The highest BCUT2D eigenvalue weighted by molar-refractivity contribution is 5.94. The highest BCUT2D eigenvalue weighted by Gasteiger charge is 2.12. The van der Waals surface area contributed by atoms with Crippen molar-refractivity contribution in [1.82, 2.24) is 9.88 Å². The van der Waals surface area contributed by atoms with E-state index in [0.717, 1.165) is 22.2 Å². The van der Waals surface area contributed by atoms with Crippen LogP contribution in [0, 0.1) is 0 Å². The van der Waals surface area contributed by atoms with Gasteiger partial charge in [0.15, 0.2) is 0 Å². The van der Waals surface area contributed by atoms with Crippen LogP contribution >= 0.6 is 0 Å². The van der Waals surface area contributed by atoms with Gasteiger partial charge in [-0.3, -0.25) is 4.79 Å². The van der Waals surface area contributed by atoms with Crippen LogP contribution in [0.25, 0.3) is 10.9 Å². The third-order valence-corrected chi connectivity index (χ3v) is 4.85. The number of carbonyl (C=O) groups excluding carboxylic acids is 1. The van der Waals surface area contributed by atoms with E-state index in [1.54, 1.807) is 24.3 Å². The van der Waals surface area contributed by atoms with Gasteiger partial charge in [-0.2, -0.15) is 0 Å². The second kappa shape index (κ2) is 8.20. The Hall–Kier alpha value is -3.57. The Labute approximate surface area is 169 Å². The van der Waals surface area contributed by atoms with E-state index in [1.807, 2.05) is 72.4 Å². The first-order chi connectivity index (χ1) is 14.1. The Morgan fingerprint density at radius 2 is 1.72 bits per heavy atom. The van der Waals surface area contributed by atoms with Crippen molar-refractivity contribution >= 4 is 16.8 Å². The zero-order valence-electron chi connectivity index (χ0n) is 16.1. The summed E-state index contributed by atoms with van der Waals surface area (Å²) in [7, 11) is 1.98. The number of benzene rings is 3. The second-order valence-corrected chi connectivity index (χ2v) is 6.91. The van der Waals surface area contributed by atoms with Crippen LogP contribution < -0.4 is 10.1 Å². The minimum absolute atomic E-state index is 0.138. The topological polar surface area (TPSA) is 63.5 Å². The van der Waals surface area contributed by atoms with E-state index < -0.39 is 6.10 Å². The van der Waals surface area contributed by atoms with Crippen LogP contribution in [0.4, 0.5) is 0 Å². The number of hydrogen-bond donors (Lipinski definition) is 2. The molecular formula is C24H22N2O3. The van der Waals surface area contributed by atoms with Crippen molar-refractivity contribution in [2.45, 2.75) is 6.10 Å². The van der Waals surface area contributed by atoms with Gasteiger partial charge in [0.1, 0.15) is 11.5 Å². The van der Waals surface area contributed by atoms with Gasteiger partial charge in [0.25, 0.3) is 5.91 Å². The zero-order valence-corrected chi connectivity index (χ0v) is 16.1. The fourth-order valence-corrected chi connectivity index (χ4v) is 3.22. The van der Waals surface area contributed by atoms with Crippen LogP contribution in [0.5, 0.6) is 11.5 Å². The van der Waals surface area contributed by atoms with Crippen LogP contribution in [0.15, 0.2) is 85.1 Å². The molecule has 0 aliphatic heterocycles. The monoisotopic (exact) mass is 386 g/mol. The lowest BCUT2D eigenvalue weighted by Crippen LogP contribution is -2.28. The number of carbonyl (C=O) groups is 1. The lowest BCUT2D eigenvalue weighted by Gasteiger charge is -2.13. The van der Waals surface area contributed by atoms with E-state index in [2.05, 4.69) is 5.32 Å². The van der Waals surface area contributed by atoms with Gasteiger partial charge in [-0.15, -0.1) is 0 Å². The molecule has 0 fully saturated rings. The molecule has 4 aromatic rings. The maximum Gasteiger partial charge on any atom is 0.251 e. The quantitative estimate of drug-likeness (QED) is 0.515. The maximum atomic E-state index is 12.4. The highest BCUT2D eigenvalue weighted by Crippen LogP contribution is 2.22. The van der Waals surface area contributed by atoms with Crippen LogP contribution in [-0.2, 0) is 7.05 Å². The smallest absolute Gasteiger partial charge is 0.251 e. The van der Waals surface area contributed by atoms with Crippen molar-refractivity contribution in [2.24, 2.45) is 7.05 Å². The molecule has 0 aliphatic carbocycles. The zero-order chi connectivity index (χ0) is 20.2. The molecule has 0 saturated carbocycles. The first-order valence-corrected chi connectivity index (χ1v) is 9.44. The van der Waals surface area contributed by atoms with E-state index in [9.17, 15) is 9.90 Å². The molecule has 1 unspecified atom stereocenters. The fraction of sp³-hybridized carbons (Fsp3) is 0.125. The molecule has 1 aromatic heterocycles. The number of aliphatic hydroxyl groups excluding tert-OH is 1. The van der Waals surface area contributed by atoms with Crippen molar-refractivity contribution < 1.29 is 14.6 Å². The number of ether oxygens (including phenoxy) is 1. The van der Waals surface area contributed by atoms with E-state index >= 15 is 0 Å². The van der Waals surface area contributed by atoms with Crippen LogP contribution in [0.3, 0.4) is 0 Å². The Morgan fingerprint density at radius 3 is 2.48 bits per heavy atom. The number of fused-ring (bicyclic) bond motifs is 1. The molecule has 146 valence electrons. The van der Waals surface area contributed by atoms with Crippen molar-refractivity contribution in [2.75, 3.05) is 6.54 Å². The largest absolute Gasteiger partial charge is 0.457 e. The number of nitrogens with zero attached hydrogens (tertiary/aromatic N) is 1. The molecule has 0 radical (unpaired) electrons.